The summed E-state index contributed by atoms with van der Waals surface area (Å²) >= 11 is 0. The minimum atomic E-state index is -0.550. The number of halogens is 2. The Labute approximate surface area is 111 Å². The molecule has 1 aromatic carbocycles. The number of hydrogen-bond donors (Lipinski definition) is 1. The molecule has 0 fully saturated rings. The molecule has 0 aromatic heterocycles. The van der Waals surface area contributed by atoms with Crippen molar-refractivity contribution < 1.29 is 13.5 Å². The van der Waals surface area contributed by atoms with Gasteiger partial charge in [-0.3, -0.25) is 0 Å². The van der Waals surface area contributed by atoms with E-state index in [1.54, 1.807) is 0 Å². The highest BCUT2D eigenvalue weighted by Gasteiger charge is 2.25. The SMILES string of the molecule is CC(C)C(CC1COC(N)=N1)c1cc(F)cc(F)c1. The van der Waals surface area contributed by atoms with Crippen molar-refractivity contribution >= 4 is 6.02 Å². The van der Waals surface area contributed by atoms with Crippen LogP contribution in [-0.2, 0) is 4.74 Å². The number of rotatable bonds is 4. The molecule has 0 amide bonds. The van der Waals surface area contributed by atoms with Crippen molar-refractivity contribution in [3.63, 3.8) is 0 Å². The summed E-state index contributed by atoms with van der Waals surface area (Å²) in [6.07, 6.45) is 0.668. The standard InChI is InChI=1S/C14H18F2N2O/c1-8(2)13(6-12-7-19-14(17)18-12)9-3-10(15)5-11(16)4-9/h3-5,8,12-13H,6-7H2,1-2H3,(H2,17,18). The van der Waals surface area contributed by atoms with Crippen LogP contribution >= 0.6 is 0 Å². The maximum absolute atomic E-state index is 13.3. The van der Waals surface area contributed by atoms with Crippen molar-refractivity contribution in [3.05, 3.63) is 35.4 Å². The molecule has 104 valence electrons. The first kappa shape index (κ1) is 13.8. The summed E-state index contributed by atoms with van der Waals surface area (Å²) < 4.78 is 31.7. The molecule has 0 saturated heterocycles. The molecule has 1 aromatic rings. The minimum absolute atomic E-state index is 0.0217. The Balaban J connectivity index is 2.20. The lowest BCUT2D eigenvalue weighted by Crippen LogP contribution is -2.16. The Morgan fingerprint density at radius 2 is 1.95 bits per heavy atom. The first-order chi connectivity index (χ1) is 8.95. The fraction of sp³-hybridized carbons (Fsp3) is 0.500. The molecule has 2 rings (SSSR count). The Bertz CT molecular complexity index is 468. The van der Waals surface area contributed by atoms with Crippen LogP contribution in [0.3, 0.4) is 0 Å². The highest BCUT2D eigenvalue weighted by atomic mass is 19.1. The van der Waals surface area contributed by atoms with Crippen LogP contribution in [0.15, 0.2) is 23.2 Å². The second-order valence-electron chi connectivity index (χ2n) is 5.22. The maximum atomic E-state index is 13.3. The summed E-state index contributed by atoms with van der Waals surface area (Å²) in [4.78, 5) is 4.17. The van der Waals surface area contributed by atoms with Gasteiger partial charge in [0.25, 0.3) is 6.02 Å². The van der Waals surface area contributed by atoms with Crippen molar-refractivity contribution in [2.24, 2.45) is 16.6 Å². The molecule has 5 heteroatoms. The number of amidine groups is 1. The maximum Gasteiger partial charge on any atom is 0.282 e. The Hall–Kier alpha value is -1.65. The van der Waals surface area contributed by atoms with E-state index < -0.39 is 11.6 Å². The number of ether oxygens (including phenoxy) is 1. The predicted molar refractivity (Wildman–Crippen MR) is 69.9 cm³/mol. The van der Waals surface area contributed by atoms with Crippen LogP contribution in [0.4, 0.5) is 8.78 Å². The third-order valence-corrected chi connectivity index (χ3v) is 3.38. The van der Waals surface area contributed by atoms with Crippen LogP contribution in [0.1, 0.15) is 31.7 Å². The van der Waals surface area contributed by atoms with E-state index in [2.05, 4.69) is 4.99 Å². The second kappa shape index (κ2) is 5.55. The van der Waals surface area contributed by atoms with E-state index in [1.165, 1.54) is 12.1 Å². The molecule has 0 bridgehead atoms. The van der Waals surface area contributed by atoms with Gasteiger partial charge in [-0.15, -0.1) is 0 Å². The van der Waals surface area contributed by atoms with Gasteiger partial charge in [0.15, 0.2) is 0 Å². The highest BCUT2D eigenvalue weighted by Crippen LogP contribution is 2.31. The van der Waals surface area contributed by atoms with Gasteiger partial charge >= 0.3 is 0 Å². The Kier molecular flexibility index (Phi) is 4.02. The lowest BCUT2D eigenvalue weighted by atomic mass is 9.83. The largest absolute Gasteiger partial charge is 0.463 e. The van der Waals surface area contributed by atoms with Gasteiger partial charge in [-0.2, -0.15) is 0 Å². The lowest BCUT2D eigenvalue weighted by Gasteiger charge is -2.23. The van der Waals surface area contributed by atoms with Crippen molar-refractivity contribution in [2.75, 3.05) is 6.61 Å². The van der Waals surface area contributed by atoms with Crippen LogP contribution in [-0.4, -0.2) is 18.7 Å². The molecule has 1 aliphatic rings. The number of aliphatic imine (C=N–C) groups is 1. The third kappa shape index (κ3) is 3.43. The fourth-order valence-corrected chi connectivity index (χ4v) is 2.43. The lowest BCUT2D eigenvalue weighted by molar-refractivity contribution is 0.293. The summed E-state index contributed by atoms with van der Waals surface area (Å²) in [5.41, 5.74) is 6.13. The van der Waals surface area contributed by atoms with E-state index in [0.717, 1.165) is 6.07 Å². The van der Waals surface area contributed by atoms with Crippen molar-refractivity contribution in [1.29, 1.82) is 0 Å². The molecule has 0 spiro atoms. The molecule has 1 aliphatic heterocycles. The summed E-state index contributed by atoms with van der Waals surface area (Å²) in [6, 6.07) is 3.81. The van der Waals surface area contributed by atoms with E-state index in [-0.39, 0.29) is 23.9 Å². The zero-order valence-corrected chi connectivity index (χ0v) is 11.1. The average Bonchev–Trinajstić information content (AvgIpc) is 2.70. The molecule has 2 unspecified atom stereocenters. The van der Waals surface area contributed by atoms with E-state index in [9.17, 15) is 8.78 Å². The smallest absolute Gasteiger partial charge is 0.282 e. The van der Waals surface area contributed by atoms with Gasteiger partial charge in [0, 0.05) is 6.07 Å². The van der Waals surface area contributed by atoms with Crippen molar-refractivity contribution in [1.82, 2.24) is 0 Å². The highest BCUT2D eigenvalue weighted by molar-refractivity contribution is 5.73. The summed E-state index contributed by atoms with van der Waals surface area (Å²) in [5.74, 6) is -0.829. The van der Waals surface area contributed by atoms with Crippen LogP contribution in [0, 0.1) is 17.6 Å². The average molecular weight is 268 g/mol. The topological polar surface area (TPSA) is 47.6 Å². The van der Waals surface area contributed by atoms with Gasteiger partial charge in [-0.05, 0) is 36.0 Å². The zero-order chi connectivity index (χ0) is 14.0. The Morgan fingerprint density at radius 1 is 1.32 bits per heavy atom. The van der Waals surface area contributed by atoms with Gasteiger partial charge < -0.3 is 10.5 Å². The van der Waals surface area contributed by atoms with Gasteiger partial charge in [-0.25, -0.2) is 13.8 Å². The number of hydrogen-bond acceptors (Lipinski definition) is 3. The quantitative estimate of drug-likeness (QED) is 0.912. The normalized spacial score (nSPS) is 20.3. The fourth-order valence-electron chi connectivity index (χ4n) is 2.43. The molecule has 19 heavy (non-hydrogen) atoms. The summed E-state index contributed by atoms with van der Waals surface area (Å²) in [6.45, 7) is 4.49. The van der Waals surface area contributed by atoms with E-state index in [4.69, 9.17) is 10.5 Å². The van der Waals surface area contributed by atoms with Crippen LogP contribution < -0.4 is 5.73 Å². The molecule has 2 atom stereocenters. The van der Waals surface area contributed by atoms with Crippen molar-refractivity contribution in [2.45, 2.75) is 32.2 Å². The monoisotopic (exact) mass is 268 g/mol. The van der Waals surface area contributed by atoms with Gasteiger partial charge in [0.2, 0.25) is 0 Å². The van der Waals surface area contributed by atoms with E-state index in [1.807, 2.05) is 13.8 Å². The first-order valence-corrected chi connectivity index (χ1v) is 6.37. The first-order valence-electron chi connectivity index (χ1n) is 6.37. The molecular formula is C14H18F2N2O. The van der Waals surface area contributed by atoms with E-state index >= 15 is 0 Å². The minimum Gasteiger partial charge on any atom is -0.463 e. The molecule has 2 N–H and O–H groups in total. The van der Waals surface area contributed by atoms with Crippen LogP contribution in [0.5, 0.6) is 0 Å². The van der Waals surface area contributed by atoms with Gasteiger partial charge in [0.1, 0.15) is 18.2 Å². The number of benzene rings is 1. The molecular weight excluding hydrogens is 250 g/mol. The summed E-state index contributed by atoms with van der Waals surface area (Å²) in [7, 11) is 0. The number of nitrogens with two attached hydrogens (primary N) is 1. The van der Waals surface area contributed by atoms with Crippen molar-refractivity contribution in [3.8, 4) is 0 Å². The second-order valence-corrected chi connectivity index (χ2v) is 5.22. The molecule has 1 heterocycles. The van der Waals surface area contributed by atoms with E-state index in [0.29, 0.717) is 18.6 Å². The third-order valence-electron chi connectivity index (χ3n) is 3.38. The predicted octanol–water partition coefficient (Wildman–Crippen LogP) is 2.81. The van der Waals surface area contributed by atoms with Crippen LogP contribution in [0.2, 0.25) is 0 Å². The van der Waals surface area contributed by atoms with Gasteiger partial charge in [0.05, 0.1) is 6.04 Å². The zero-order valence-electron chi connectivity index (χ0n) is 11.1. The Morgan fingerprint density at radius 3 is 2.42 bits per heavy atom. The molecule has 3 nitrogen and oxygen atoms in total. The van der Waals surface area contributed by atoms with Gasteiger partial charge in [-0.1, -0.05) is 13.8 Å². The molecule has 0 radical (unpaired) electrons. The molecule has 0 aliphatic carbocycles. The summed E-state index contributed by atoms with van der Waals surface area (Å²) in [5, 5.41) is 0. The number of nitrogens with zero attached hydrogens (tertiary/aromatic N) is 1. The van der Waals surface area contributed by atoms with Crippen LogP contribution in [0.25, 0.3) is 0 Å². The molecule has 0 saturated carbocycles.